The lowest BCUT2D eigenvalue weighted by Gasteiger charge is -2.32. The molecule has 1 aromatic heterocycles. The van der Waals surface area contributed by atoms with Gasteiger partial charge < -0.3 is 14.6 Å². The maximum atomic E-state index is 12.9. The fraction of sp³-hybridized carbons (Fsp3) is 0.250. The van der Waals surface area contributed by atoms with Crippen LogP contribution < -0.4 is 0 Å². The van der Waals surface area contributed by atoms with E-state index < -0.39 is 21.6 Å². The third kappa shape index (κ3) is 4.50. The van der Waals surface area contributed by atoms with Crippen LogP contribution in [0, 0.1) is 0 Å². The summed E-state index contributed by atoms with van der Waals surface area (Å²) in [6, 6.07) is 8.63. The number of likely N-dealkylation sites (N-methyl/N-ethyl adjacent to an activating group) is 1. The van der Waals surface area contributed by atoms with Crippen LogP contribution in [0.2, 0.25) is 0 Å². The molecular formula is C20H17Cl3N2O4. The number of H-pyrrole nitrogens is 1. The zero-order valence-electron chi connectivity index (χ0n) is 15.5. The van der Waals surface area contributed by atoms with Crippen molar-refractivity contribution < 1.29 is 19.1 Å². The molecule has 152 valence electrons. The average molecular weight is 456 g/mol. The first-order valence-corrected chi connectivity index (χ1v) is 9.71. The Morgan fingerprint density at radius 3 is 2.52 bits per heavy atom. The number of para-hydroxylation sites is 1. The molecule has 3 rings (SSSR count). The van der Waals surface area contributed by atoms with Crippen molar-refractivity contribution in [1.82, 2.24) is 9.88 Å². The summed E-state index contributed by atoms with van der Waals surface area (Å²) in [5.41, 5.74) is 1.42. The van der Waals surface area contributed by atoms with Crippen molar-refractivity contribution in [1.29, 1.82) is 0 Å². The van der Waals surface area contributed by atoms with E-state index in [1.807, 2.05) is 24.3 Å². The summed E-state index contributed by atoms with van der Waals surface area (Å²) in [4.78, 5) is 42.2. The van der Waals surface area contributed by atoms with Crippen molar-refractivity contribution in [3.8, 4) is 0 Å². The lowest BCUT2D eigenvalue weighted by molar-refractivity contribution is -0.136. The minimum absolute atomic E-state index is 0.0179. The molecule has 1 unspecified atom stereocenters. The first-order chi connectivity index (χ1) is 13.6. The van der Waals surface area contributed by atoms with Gasteiger partial charge in [0.1, 0.15) is 0 Å². The predicted octanol–water partition coefficient (Wildman–Crippen LogP) is 3.98. The molecule has 0 amide bonds. The number of nitrogens with zero attached hydrogens (tertiary/aromatic N) is 1. The van der Waals surface area contributed by atoms with Crippen LogP contribution in [0.3, 0.4) is 0 Å². The largest absolute Gasteiger partial charge is 0.466 e. The zero-order chi connectivity index (χ0) is 21.3. The highest BCUT2D eigenvalue weighted by atomic mass is 35.6. The number of benzene rings is 1. The smallest absolute Gasteiger partial charge is 0.335 e. The van der Waals surface area contributed by atoms with Crippen molar-refractivity contribution in [2.24, 2.45) is 0 Å². The van der Waals surface area contributed by atoms with Crippen molar-refractivity contribution in [2.75, 3.05) is 14.2 Å². The highest BCUT2D eigenvalue weighted by Gasteiger charge is 2.37. The molecule has 1 aromatic carbocycles. The van der Waals surface area contributed by atoms with Gasteiger partial charge in [-0.25, -0.2) is 4.79 Å². The number of rotatable bonds is 5. The molecule has 0 saturated heterocycles. The second kappa shape index (κ2) is 8.22. The van der Waals surface area contributed by atoms with E-state index >= 15 is 0 Å². The SMILES string of the molecule is COC(=O)C1=CC(C(=O)C(Cl)(Cl)Cl)=CN(C)C1CC(=O)c1cc2ccccc2[nH]1. The number of aromatic amines is 1. The highest BCUT2D eigenvalue weighted by molar-refractivity contribution is 6.77. The van der Waals surface area contributed by atoms with E-state index in [9.17, 15) is 14.4 Å². The van der Waals surface area contributed by atoms with E-state index in [0.29, 0.717) is 5.69 Å². The first kappa shape index (κ1) is 21.4. The van der Waals surface area contributed by atoms with Crippen molar-refractivity contribution in [3.63, 3.8) is 0 Å². The van der Waals surface area contributed by atoms with Crippen LogP contribution in [0.5, 0.6) is 0 Å². The molecule has 1 aliphatic heterocycles. The Morgan fingerprint density at radius 1 is 1.21 bits per heavy atom. The molecule has 0 bridgehead atoms. The topological polar surface area (TPSA) is 79.5 Å². The van der Waals surface area contributed by atoms with Crippen LogP contribution in [0.15, 0.2) is 53.8 Å². The Labute approximate surface area is 182 Å². The summed E-state index contributed by atoms with van der Waals surface area (Å²) in [7, 11) is 2.85. The summed E-state index contributed by atoms with van der Waals surface area (Å²) in [6.45, 7) is 0. The van der Waals surface area contributed by atoms with Gasteiger partial charge in [0, 0.05) is 36.1 Å². The number of nitrogens with one attached hydrogen (secondary N) is 1. The van der Waals surface area contributed by atoms with Crippen LogP contribution in [0.25, 0.3) is 10.9 Å². The van der Waals surface area contributed by atoms with E-state index in [0.717, 1.165) is 10.9 Å². The van der Waals surface area contributed by atoms with Gasteiger partial charge in [-0.1, -0.05) is 53.0 Å². The number of allylic oxidation sites excluding steroid dienone is 2. The Hall–Kier alpha value is -2.28. The molecule has 0 saturated carbocycles. The summed E-state index contributed by atoms with van der Waals surface area (Å²) in [5.74, 6) is -1.65. The molecule has 1 atom stereocenters. The predicted molar refractivity (Wildman–Crippen MR) is 112 cm³/mol. The number of aromatic nitrogens is 1. The molecule has 0 fully saturated rings. The van der Waals surface area contributed by atoms with Gasteiger partial charge in [-0.15, -0.1) is 0 Å². The Morgan fingerprint density at radius 2 is 1.90 bits per heavy atom. The minimum atomic E-state index is -2.17. The number of hydrogen-bond acceptors (Lipinski definition) is 5. The molecule has 1 aliphatic rings. The van der Waals surface area contributed by atoms with E-state index in [-0.39, 0.29) is 23.4 Å². The molecule has 6 nitrogen and oxygen atoms in total. The molecule has 1 N–H and O–H groups in total. The molecule has 2 aromatic rings. The molecule has 0 radical (unpaired) electrons. The molecule has 0 spiro atoms. The Kier molecular flexibility index (Phi) is 6.08. The number of ketones is 2. The van der Waals surface area contributed by atoms with E-state index in [4.69, 9.17) is 39.5 Å². The van der Waals surface area contributed by atoms with Crippen molar-refractivity contribution in [2.45, 2.75) is 16.3 Å². The molecular weight excluding hydrogens is 439 g/mol. The summed E-state index contributed by atoms with van der Waals surface area (Å²) >= 11 is 17.1. The number of fused-ring (bicyclic) bond motifs is 1. The third-order valence-corrected chi connectivity index (χ3v) is 5.17. The lowest BCUT2D eigenvalue weighted by atomic mass is 9.93. The fourth-order valence-electron chi connectivity index (χ4n) is 3.19. The van der Waals surface area contributed by atoms with Crippen LogP contribution in [-0.4, -0.2) is 51.4 Å². The zero-order valence-corrected chi connectivity index (χ0v) is 17.8. The average Bonchev–Trinajstić information content (AvgIpc) is 3.11. The van der Waals surface area contributed by atoms with Crippen molar-refractivity contribution >= 4 is 63.2 Å². The van der Waals surface area contributed by atoms with Crippen LogP contribution in [0.4, 0.5) is 0 Å². The third-order valence-electron chi connectivity index (χ3n) is 4.65. The summed E-state index contributed by atoms with van der Waals surface area (Å²) in [6.07, 6.45) is 2.73. The second-order valence-electron chi connectivity index (χ2n) is 6.58. The number of esters is 1. The van der Waals surface area contributed by atoms with Gasteiger partial charge >= 0.3 is 5.97 Å². The van der Waals surface area contributed by atoms with E-state index in [1.165, 1.54) is 19.4 Å². The number of carbonyl (C=O) groups excluding carboxylic acids is 3. The van der Waals surface area contributed by atoms with Gasteiger partial charge in [-0.3, -0.25) is 9.59 Å². The maximum Gasteiger partial charge on any atom is 0.335 e. The number of methoxy groups -OCH3 is 1. The number of carbonyl (C=O) groups is 3. The van der Waals surface area contributed by atoms with E-state index in [1.54, 1.807) is 18.0 Å². The monoisotopic (exact) mass is 454 g/mol. The number of ether oxygens (including phenoxy) is 1. The van der Waals surface area contributed by atoms with Gasteiger partial charge in [0.15, 0.2) is 5.78 Å². The van der Waals surface area contributed by atoms with Crippen LogP contribution in [0.1, 0.15) is 16.9 Å². The highest BCUT2D eigenvalue weighted by Crippen LogP contribution is 2.33. The standard InChI is InChI=1S/C20H17Cl3N2O4/c1-25-10-12(18(27)20(21,22)23)7-13(19(28)29-2)16(25)9-17(26)15-8-11-5-3-4-6-14(11)24-15/h3-8,10,16,24H,9H2,1-2H3. The quantitative estimate of drug-likeness (QED) is 0.419. The minimum Gasteiger partial charge on any atom is -0.466 e. The number of Topliss-reactive ketones (excluding diaryl/α,β-unsaturated/α-hetero) is 2. The molecule has 29 heavy (non-hydrogen) atoms. The van der Waals surface area contributed by atoms with Gasteiger partial charge in [0.05, 0.1) is 24.4 Å². The normalized spacial score (nSPS) is 17.0. The van der Waals surface area contributed by atoms with Gasteiger partial charge in [0.2, 0.25) is 5.78 Å². The van der Waals surface area contributed by atoms with Crippen LogP contribution in [-0.2, 0) is 14.3 Å². The Balaban J connectivity index is 1.90. The molecule has 2 heterocycles. The Bertz CT molecular complexity index is 1020. The van der Waals surface area contributed by atoms with Gasteiger partial charge in [-0.05, 0) is 18.2 Å². The number of hydrogen-bond donors (Lipinski definition) is 1. The number of alkyl halides is 3. The van der Waals surface area contributed by atoms with Gasteiger partial charge in [-0.2, -0.15) is 0 Å². The summed E-state index contributed by atoms with van der Waals surface area (Å²) < 4.78 is 2.66. The van der Waals surface area contributed by atoms with Crippen molar-refractivity contribution in [3.05, 3.63) is 59.4 Å². The molecule has 9 heteroatoms. The first-order valence-electron chi connectivity index (χ1n) is 8.58. The summed E-state index contributed by atoms with van der Waals surface area (Å²) in [5, 5.41) is 0.909. The van der Waals surface area contributed by atoms with Gasteiger partial charge in [0.25, 0.3) is 3.79 Å². The van der Waals surface area contributed by atoms with Crippen LogP contribution >= 0.6 is 34.8 Å². The second-order valence-corrected chi connectivity index (χ2v) is 8.86. The fourth-order valence-corrected chi connectivity index (χ4v) is 3.52. The maximum absolute atomic E-state index is 12.9. The molecule has 0 aliphatic carbocycles. The van der Waals surface area contributed by atoms with E-state index in [2.05, 4.69) is 4.98 Å². The lowest BCUT2D eigenvalue weighted by Crippen LogP contribution is -2.39. The number of halogens is 3.